The molecule has 0 bridgehead atoms. The summed E-state index contributed by atoms with van der Waals surface area (Å²) in [6.07, 6.45) is 0.695. The molecule has 7 heteroatoms. The van der Waals surface area contributed by atoms with Crippen molar-refractivity contribution in [3.8, 4) is 0 Å². The molecule has 1 aromatic heterocycles. The number of para-hydroxylation sites is 1. The molecule has 0 spiro atoms. The second kappa shape index (κ2) is 8.71. The average molecular weight is 419 g/mol. The van der Waals surface area contributed by atoms with Gasteiger partial charge in [0.1, 0.15) is 17.2 Å². The number of benzene rings is 2. The molecule has 0 unspecified atom stereocenters. The van der Waals surface area contributed by atoms with Gasteiger partial charge in [-0.2, -0.15) is 0 Å². The molecule has 0 atom stereocenters. The van der Waals surface area contributed by atoms with E-state index < -0.39 is 0 Å². The number of carbonyl (C=O) groups excluding carboxylic acids is 2. The number of thiophene rings is 1. The summed E-state index contributed by atoms with van der Waals surface area (Å²) in [6, 6.07) is 11.7. The lowest BCUT2D eigenvalue weighted by Gasteiger charge is -2.21. The number of amides is 2. The molecule has 0 fully saturated rings. The normalized spacial score (nSPS) is 10.9. The van der Waals surface area contributed by atoms with Crippen LogP contribution in [0.4, 0.5) is 10.1 Å². The van der Waals surface area contributed by atoms with E-state index in [1.807, 2.05) is 38.1 Å². The van der Waals surface area contributed by atoms with E-state index in [1.54, 1.807) is 6.07 Å². The number of rotatable bonds is 6. The molecule has 1 N–H and O–H groups in total. The standard InChI is InChI=1S/C21H20ClFN2O2S/c1-3-10-25(12-18(26)24-16-7-5-4-6-13(16)2)21(27)20-19(22)15-9-8-14(23)11-17(15)28-20/h4-9,11H,3,10,12H2,1-2H3,(H,24,26). The predicted molar refractivity (Wildman–Crippen MR) is 113 cm³/mol. The molecule has 1 heterocycles. The smallest absolute Gasteiger partial charge is 0.265 e. The molecule has 146 valence electrons. The Kier molecular flexibility index (Phi) is 6.31. The van der Waals surface area contributed by atoms with Gasteiger partial charge >= 0.3 is 0 Å². The summed E-state index contributed by atoms with van der Waals surface area (Å²) in [7, 11) is 0. The van der Waals surface area contributed by atoms with Crippen molar-refractivity contribution in [3.63, 3.8) is 0 Å². The third kappa shape index (κ3) is 4.34. The van der Waals surface area contributed by atoms with E-state index >= 15 is 0 Å². The number of halogens is 2. The molecule has 3 rings (SSSR count). The average Bonchev–Trinajstić information content (AvgIpc) is 2.98. The highest BCUT2D eigenvalue weighted by Gasteiger charge is 2.24. The van der Waals surface area contributed by atoms with Crippen molar-refractivity contribution in [1.82, 2.24) is 4.90 Å². The van der Waals surface area contributed by atoms with Crippen LogP contribution in [0.1, 0.15) is 28.6 Å². The fourth-order valence-corrected chi connectivity index (χ4v) is 4.42. The first kappa shape index (κ1) is 20.3. The monoisotopic (exact) mass is 418 g/mol. The second-order valence-electron chi connectivity index (χ2n) is 6.48. The van der Waals surface area contributed by atoms with E-state index in [0.717, 1.165) is 16.9 Å². The summed E-state index contributed by atoms with van der Waals surface area (Å²) >= 11 is 7.51. The first-order valence-corrected chi connectivity index (χ1v) is 10.1. The Balaban J connectivity index is 1.81. The van der Waals surface area contributed by atoms with Crippen LogP contribution in [0.15, 0.2) is 42.5 Å². The van der Waals surface area contributed by atoms with Gasteiger partial charge in [0.15, 0.2) is 0 Å². The Labute approximate surface area is 171 Å². The minimum atomic E-state index is -0.382. The van der Waals surface area contributed by atoms with Gasteiger partial charge in [0, 0.05) is 22.3 Å². The second-order valence-corrected chi connectivity index (χ2v) is 7.91. The lowest BCUT2D eigenvalue weighted by molar-refractivity contribution is -0.116. The molecular weight excluding hydrogens is 399 g/mol. The van der Waals surface area contributed by atoms with Crippen molar-refractivity contribution >= 4 is 50.5 Å². The lowest BCUT2D eigenvalue weighted by Crippen LogP contribution is -2.38. The topological polar surface area (TPSA) is 49.4 Å². The van der Waals surface area contributed by atoms with Gasteiger partial charge in [-0.1, -0.05) is 36.7 Å². The first-order chi connectivity index (χ1) is 13.4. The zero-order chi connectivity index (χ0) is 20.3. The molecule has 0 aliphatic rings. The fourth-order valence-electron chi connectivity index (χ4n) is 2.92. The molecule has 28 heavy (non-hydrogen) atoms. The molecule has 0 saturated heterocycles. The van der Waals surface area contributed by atoms with Crippen LogP contribution >= 0.6 is 22.9 Å². The SMILES string of the molecule is CCCN(CC(=O)Nc1ccccc1C)C(=O)c1sc2cc(F)ccc2c1Cl. The van der Waals surface area contributed by atoms with Gasteiger partial charge in [0.2, 0.25) is 5.91 Å². The third-order valence-corrected chi connectivity index (χ3v) is 5.97. The van der Waals surface area contributed by atoms with Crippen LogP contribution in [0.5, 0.6) is 0 Å². The van der Waals surface area contributed by atoms with E-state index in [0.29, 0.717) is 38.6 Å². The van der Waals surface area contributed by atoms with Crippen LogP contribution in [0.25, 0.3) is 10.1 Å². The Morgan fingerprint density at radius 3 is 2.68 bits per heavy atom. The summed E-state index contributed by atoms with van der Waals surface area (Å²) in [4.78, 5) is 27.3. The van der Waals surface area contributed by atoms with Crippen molar-refractivity contribution in [2.45, 2.75) is 20.3 Å². The summed E-state index contributed by atoms with van der Waals surface area (Å²) < 4.78 is 14.1. The van der Waals surface area contributed by atoms with E-state index in [2.05, 4.69) is 5.32 Å². The summed E-state index contributed by atoms with van der Waals surface area (Å²) in [5, 5.41) is 3.78. The van der Waals surface area contributed by atoms with Crippen LogP contribution in [0, 0.1) is 12.7 Å². The van der Waals surface area contributed by atoms with Crippen LogP contribution in [-0.2, 0) is 4.79 Å². The van der Waals surface area contributed by atoms with Gasteiger partial charge in [-0.25, -0.2) is 4.39 Å². The van der Waals surface area contributed by atoms with Crippen LogP contribution < -0.4 is 5.32 Å². The number of fused-ring (bicyclic) bond motifs is 1. The Bertz CT molecular complexity index is 1030. The number of nitrogens with one attached hydrogen (secondary N) is 1. The molecule has 0 saturated carbocycles. The number of aryl methyl sites for hydroxylation is 1. The maximum Gasteiger partial charge on any atom is 0.265 e. The van der Waals surface area contributed by atoms with Crippen molar-refractivity contribution in [2.24, 2.45) is 0 Å². The zero-order valence-corrected chi connectivity index (χ0v) is 17.2. The van der Waals surface area contributed by atoms with Gasteiger partial charge in [0.25, 0.3) is 5.91 Å². The zero-order valence-electron chi connectivity index (χ0n) is 15.6. The Morgan fingerprint density at radius 2 is 1.96 bits per heavy atom. The Hall–Kier alpha value is -2.44. The molecule has 2 aromatic carbocycles. The molecule has 3 aromatic rings. The highest BCUT2D eigenvalue weighted by Crippen LogP contribution is 2.36. The van der Waals surface area contributed by atoms with Gasteiger partial charge in [0.05, 0.1) is 5.02 Å². The largest absolute Gasteiger partial charge is 0.329 e. The van der Waals surface area contributed by atoms with E-state index in [1.165, 1.54) is 17.0 Å². The maximum absolute atomic E-state index is 13.5. The number of hydrogen-bond acceptors (Lipinski definition) is 3. The van der Waals surface area contributed by atoms with Crippen LogP contribution in [0.3, 0.4) is 0 Å². The van der Waals surface area contributed by atoms with Gasteiger partial charge < -0.3 is 10.2 Å². The van der Waals surface area contributed by atoms with Crippen molar-refractivity contribution in [3.05, 3.63) is 63.7 Å². The summed E-state index contributed by atoms with van der Waals surface area (Å²) in [5.41, 5.74) is 1.66. The highest BCUT2D eigenvalue weighted by atomic mass is 35.5. The van der Waals surface area contributed by atoms with Crippen LogP contribution in [-0.4, -0.2) is 29.8 Å². The van der Waals surface area contributed by atoms with E-state index in [9.17, 15) is 14.0 Å². The number of hydrogen-bond donors (Lipinski definition) is 1. The molecule has 4 nitrogen and oxygen atoms in total. The number of anilines is 1. The van der Waals surface area contributed by atoms with Gasteiger partial charge in [-0.05, 0) is 43.2 Å². The predicted octanol–water partition coefficient (Wildman–Crippen LogP) is 5.49. The Morgan fingerprint density at radius 1 is 1.21 bits per heavy atom. The minimum absolute atomic E-state index is 0.0834. The number of nitrogens with zero attached hydrogens (tertiary/aromatic N) is 1. The minimum Gasteiger partial charge on any atom is -0.329 e. The molecule has 0 aliphatic heterocycles. The maximum atomic E-state index is 13.5. The highest BCUT2D eigenvalue weighted by molar-refractivity contribution is 7.21. The first-order valence-electron chi connectivity index (χ1n) is 8.93. The van der Waals surface area contributed by atoms with Crippen molar-refractivity contribution < 1.29 is 14.0 Å². The van der Waals surface area contributed by atoms with Crippen molar-refractivity contribution in [1.29, 1.82) is 0 Å². The van der Waals surface area contributed by atoms with Gasteiger partial charge in [-0.15, -0.1) is 11.3 Å². The van der Waals surface area contributed by atoms with Crippen LogP contribution in [0.2, 0.25) is 5.02 Å². The quantitative estimate of drug-likeness (QED) is 0.575. The van der Waals surface area contributed by atoms with E-state index in [4.69, 9.17) is 11.6 Å². The molecule has 0 radical (unpaired) electrons. The molecule has 2 amide bonds. The number of carbonyl (C=O) groups is 2. The third-order valence-electron chi connectivity index (χ3n) is 4.32. The summed E-state index contributed by atoms with van der Waals surface area (Å²) in [6.45, 7) is 4.17. The lowest BCUT2D eigenvalue weighted by atomic mass is 10.2. The van der Waals surface area contributed by atoms with Gasteiger partial charge in [-0.3, -0.25) is 9.59 Å². The molecular formula is C21H20ClFN2O2S. The van der Waals surface area contributed by atoms with E-state index in [-0.39, 0.29) is 24.2 Å². The molecule has 0 aliphatic carbocycles. The fraction of sp³-hybridized carbons (Fsp3) is 0.238. The van der Waals surface area contributed by atoms with Crippen molar-refractivity contribution in [2.75, 3.05) is 18.4 Å². The summed E-state index contributed by atoms with van der Waals surface area (Å²) in [5.74, 6) is -0.986.